The molecule has 194 valence electrons. The van der Waals surface area contributed by atoms with Crippen LogP contribution in [0, 0.1) is 11.7 Å². The molecule has 3 aromatic rings. The lowest BCUT2D eigenvalue weighted by atomic mass is 9.93. The molecule has 15 heteroatoms. The Morgan fingerprint density at radius 3 is 2.32 bits per heavy atom. The van der Waals surface area contributed by atoms with Crippen molar-refractivity contribution in [3.8, 4) is 5.69 Å². The number of nitrogens with zero attached hydrogens (tertiary/aromatic N) is 1. The first-order valence-corrected chi connectivity index (χ1v) is 12.3. The number of aryl methyl sites for hydroxylation is 1. The molecule has 4 rings (SSSR count). The Balaban J connectivity index is 1.93. The van der Waals surface area contributed by atoms with E-state index in [4.69, 9.17) is 12.2 Å². The predicted molar refractivity (Wildman–Crippen MR) is 129 cm³/mol. The zero-order valence-corrected chi connectivity index (χ0v) is 20.7. The second kappa shape index (κ2) is 8.93. The lowest BCUT2D eigenvalue weighted by Crippen LogP contribution is -2.61. The molecule has 1 aromatic heterocycles. The molecule has 1 aliphatic heterocycles. The lowest BCUT2D eigenvalue weighted by molar-refractivity contribution is -0.194. The molecule has 2 aromatic carbocycles. The Morgan fingerprint density at radius 1 is 1.11 bits per heavy atom. The molecule has 0 saturated heterocycles. The van der Waals surface area contributed by atoms with Crippen LogP contribution in [-0.4, -0.2) is 36.0 Å². The van der Waals surface area contributed by atoms with Gasteiger partial charge in [-0.1, -0.05) is 12.1 Å². The smallest absolute Gasteiger partial charge is 0.326 e. The van der Waals surface area contributed by atoms with Crippen molar-refractivity contribution in [2.45, 2.75) is 30.5 Å². The van der Waals surface area contributed by atoms with Crippen LogP contribution in [0.1, 0.15) is 18.1 Å². The lowest BCUT2D eigenvalue weighted by Gasteiger charge is -2.29. The fourth-order valence-electron chi connectivity index (χ4n) is 3.94. The Labute approximate surface area is 212 Å². The van der Waals surface area contributed by atoms with E-state index in [9.17, 15) is 36.0 Å². The van der Waals surface area contributed by atoms with Gasteiger partial charge in [-0.3, -0.25) is 23.9 Å². The van der Waals surface area contributed by atoms with Crippen LogP contribution in [0.2, 0.25) is 0 Å². The summed E-state index contributed by atoms with van der Waals surface area (Å²) in [6, 6.07) is 10.5. The zero-order valence-electron chi connectivity index (χ0n) is 19.1. The maximum Gasteiger partial charge on any atom is 0.421 e. The average molecular weight is 554 g/mol. The van der Waals surface area contributed by atoms with E-state index >= 15 is 0 Å². The molecule has 0 aliphatic carbocycles. The van der Waals surface area contributed by atoms with Crippen LogP contribution < -0.4 is 20.9 Å². The third-order valence-corrected chi connectivity index (χ3v) is 7.27. The Hall–Kier alpha value is -3.82. The molecule has 0 saturated carbocycles. The normalized spacial score (nSPS) is 17.3. The van der Waals surface area contributed by atoms with E-state index in [2.05, 4.69) is 10.3 Å². The first kappa shape index (κ1) is 26.2. The summed E-state index contributed by atoms with van der Waals surface area (Å²) in [5, 5.41) is 4.40. The summed E-state index contributed by atoms with van der Waals surface area (Å²) in [5.41, 5.74) is -5.46. The number of sulfonamides is 1. The largest absolute Gasteiger partial charge is 0.421 e. The molecule has 2 heterocycles. The van der Waals surface area contributed by atoms with Crippen LogP contribution in [0.3, 0.4) is 0 Å². The van der Waals surface area contributed by atoms with Crippen LogP contribution in [0.4, 0.5) is 24.7 Å². The number of aromatic nitrogens is 2. The summed E-state index contributed by atoms with van der Waals surface area (Å²) in [7, 11) is -5.05. The van der Waals surface area contributed by atoms with Crippen molar-refractivity contribution in [1.82, 2.24) is 14.3 Å². The number of alkyl halides is 3. The number of aromatic amines is 1. The minimum atomic E-state index is -5.59. The molecular weight excluding hydrogens is 535 g/mol. The van der Waals surface area contributed by atoms with Crippen LogP contribution in [0.15, 0.2) is 58.2 Å². The summed E-state index contributed by atoms with van der Waals surface area (Å²) in [6.07, 6.45) is -5.59. The molecule has 1 aliphatic rings. The topological polar surface area (TPSA) is 142 Å². The van der Waals surface area contributed by atoms with Crippen LogP contribution in [0.5, 0.6) is 0 Å². The van der Waals surface area contributed by atoms with Gasteiger partial charge in [0, 0.05) is 12.6 Å². The second-order valence-corrected chi connectivity index (χ2v) is 10.2. The number of halogens is 3. The van der Waals surface area contributed by atoms with Gasteiger partial charge in [0.1, 0.15) is 5.82 Å². The van der Waals surface area contributed by atoms with E-state index in [1.807, 2.05) is 5.32 Å². The fourth-order valence-corrected chi connectivity index (χ4v) is 5.55. The van der Waals surface area contributed by atoms with Crippen molar-refractivity contribution in [3.05, 3.63) is 74.8 Å². The van der Waals surface area contributed by atoms with Crippen molar-refractivity contribution in [3.63, 3.8) is 0 Å². The summed E-state index contributed by atoms with van der Waals surface area (Å²) in [4.78, 5) is 38.5. The second-order valence-electron chi connectivity index (χ2n) is 8.17. The molecule has 0 fully saturated rings. The highest BCUT2D eigenvalue weighted by Crippen LogP contribution is 2.46. The first-order valence-electron chi connectivity index (χ1n) is 10.4. The van der Waals surface area contributed by atoms with Crippen molar-refractivity contribution in [1.29, 1.82) is 0 Å². The number of hydrogen-bond acceptors (Lipinski definition) is 6. The van der Waals surface area contributed by atoms with E-state index in [-0.39, 0.29) is 16.1 Å². The number of hydrogen-bond donors (Lipinski definition) is 4. The highest BCUT2D eigenvalue weighted by Gasteiger charge is 2.69. The summed E-state index contributed by atoms with van der Waals surface area (Å²) >= 11 is 5.15. The quantitative estimate of drug-likeness (QED) is 0.358. The van der Waals surface area contributed by atoms with Crippen molar-refractivity contribution < 1.29 is 31.2 Å². The Morgan fingerprint density at radius 2 is 1.76 bits per heavy atom. The summed E-state index contributed by atoms with van der Waals surface area (Å²) in [6.45, 7) is 2.92. The molecule has 4 N–H and O–H groups in total. The predicted octanol–water partition coefficient (Wildman–Crippen LogP) is 2.85. The third-order valence-electron chi connectivity index (χ3n) is 5.52. The SMILES string of the molecule is CC(=O)Nc1ccc(S(=O)(=O)NC2(C(F)(F)F)C(=O)Nc3c2c(=O)[nH]c(=S)n3-c2cccc(C)c2)cc1. The minimum absolute atomic E-state index is 0.189. The van der Waals surface area contributed by atoms with Crippen LogP contribution in [-0.2, 0) is 25.2 Å². The number of carbonyl (C=O) groups excluding carboxylic acids is 2. The van der Waals surface area contributed by atoms with Gasteiger partial charge in [-0.2, -0.15) is 17.9 Å². The van der Waals surface area contributed by atoms with E-state index in [1.165, 1.54) is 17.7 Å². The minimum Gasteiger partial charge on any atom is -0.326 e. The van der Waals surface area contributed by atoms with Gasteiger partial charge in [0.25, 0.3) is 11.5 Å². The number of H-pyrrole nitrogens is 1. The van der Waals surface area contributed by atoms with Gasteiger partial charge in [-0.15, -0.1) is 0 Å². The Kier molecular flexibility index (Phi) is 6.34. The van der Waals surface area contributed by atoms with E-state index < -0.39 is 55.4 Å². The first-order chi connectivity index (χ1) is 17.2. The van der Waals surface area contributed by atoms with Gasteiger partial charge in [0.2, 0.25) is 21.5 Å². The highest BCUT2D eigenvalue weighted by atomic mass is 32.2. The molecule has 0 radical (unpaired) electrons. The van der Waals surface area contributed by atoms with E-state index in [0.29, 0.717) is 5.56 Å². The van der Waals surface area contributed by atoms with Gasteiger partial charge >= 0.3 is 6.18 Å². The van der Waals surface area contributed by atoms with Crippen molar-refractivity contribution in [2.75, 3.05) is 10.6 Å². The maximum absolute atomic E-state index is 14.7. The zero-order chi connectivity index (χ0) is 27.3. The maximum atomic E-state index is 14.7. The highest BCUT2D eigenvalue weighted by molar-refractivity contribution is 7.89. The summed E-state index contributed by atoms with van der Waals surface area (Å²) in [5.74, 6) is -2.91. The molecular formula is C22H18F3N5O5S2. The number of nitrogens with one attached hydrogen (secondary N) is 4. The molecule has 0 bridgehead atoms. The average Bonchev–Trinajstić information content (AvgIpc) is 3.06. The number of amides is 2. The monoisotopic (exact) mass is 553 g/mol. The van der Waals surface area contributed by atoms with Gasteiger partial charge in [-0.05, 0) is 61.1 Å². The molecule has 1 atom stereocenters. The van der Waals surface area contributed by atoms with Gasteiger partial charge in [-0.25, -0.2) is 8.42 Å². The molecule has 2 amide bonds. The van der Waals surface area contributed by atoms with Crippen molar-refractivity contribution in [2.24, 2.45) is 0 Å². The fraction of sp³-hybridized carbons (Fsp3) is 0.182. The molecule has 10 nitrogen and oxygen atoms in total. The molecule has 37 heavy (non-hydrogen) atoms. The number of fused-ring (bicyclic) bond motifs is 1. The van der Waals surface area contributed by atoms with Gasteiger partial charge < -0.3 is 10.6 Å². The number of carbonyl (C=O) groups is 2. The standard InChI is InChI=1S/C22H18F3N5O5S2/c1-11-4-3-5-14(10-11)30-17-16(18(32)28-20(30)36)21(19(33)27-17,22(23,24)25)29-37(34,35)15-8-6-13(7-9-15)26-12(2)31/h3-10,29H,1-2H3,(H,26,31)(H,27,33)(H,28,32,36). The Bertz CT molecular complexity index is 1660. The van der Waals surface area contributed by atoms with Crippen LogP contribution in [0.25, 0.3) is 5.69 Å². The van der Waals surface area contributed by atoms with Crippen LogP contribution >= 0.6 is 12.2 Å². The van der Waals surface area contributed by atoms with Gasteiger partial charge in [0.05, 0.1) is 16.1 Å². The molecule has 1 unspecified atom stereocenters. The molecule has 0 spiro atoms. The third kappa shape index (κ3) is 4.45. The van der Waals surface area contributed by atoms with Crippen molar-refractivity contribution >= 4 is 45.6 Å². The number of rotatable bonds is 5. The van der Waals surface area contributed by atoms with E-state index in [1.54, 1.807) is 25.1 Å². The summed E-state index contributed by atoms with van der Waals surface area (Å²) < 4.78 is 72.3. The van der Waals surface area contributed by atoms with E-state index in [0.717, 1.165) is 28.8 Å². The number of anilines is 2. The van der Waals surface area contributed by atoms with Gasteiger partial charge in [0.15, 0.2) is 4.77 Å². The number of benzene rings is 2.